The topological polar surface area (TPSA) is 43.4 Å². The van der Waals surface area contributed by atoms with Crippen molar-refractivity contribution in [2.75, 3.05) is 0 Å². The summed E-state index contributed by atoms with van der Waals surface area (Å²) in [4.78, 5) is 12.6. The van der Waals surface area contributed by atoms with E-state index in [1.54, 1.807) is 60.7 Å². The quantitative estimate of drug-likeness (QED) is 0.643. The lowest BCUT2D eigenvalue weighted by Crippen LogP contribution is -2.20. The predicted octanol–water partition coefficient (Wildman–Crippen LogP) is 4.33. The van der Waals surface area contributed by atoms with Crippen molar-refractivity contribution in [2.24, 2.45) is 0 Å². The Morgan fingerprint density at radius 1 is 0.800 bits per heavy atom. The molecule has 0 unspecified atom stereocenters. The lowest BCUT2D eigenvalue weighted by Gasteiger charge is -2.19. The van der Waals surface area contributed by atoms with Crippen LogP contribution in [-0.4, -0.2) is 5.97 Å². The lowest BCUT2D eigenvalue weighted by atomic mass is 10.1. The number of carbonyl (C=O) groups excluding carboxylic acids is 1. The molecule has 3 rings (SSSR count). The molecular weight excluding hydrogens is 331 g/mol. The fourth-order valence-electron chi connectivity index (χ4n) is 2.55. The predicted molar refractivity (Wildman–Crippen MR) is 101 cm³/mol. The van der Waals surface area contributed by atoms with Gasteiger partial charge in [0.15, 0.2) is 0 Å². The van der Waals surface area contributed by atoms with E-state index in [4.69, 9.17) is 4.52 Å². The second-order valence-electron chi connectivity index (χ2n) is 5.65. The molecule has 0 aliphatic rings. The number of aryl methyl sites for hydroxylation is 1. The Balaban J connectivity index is 1.98. The van der Waals surface area contributed by atoms with E-state index in [9.17, 15) is 9.36 Å². The Labute approximate surface area is 147 Å². The van der Waals surface area contributed by atoms with Crippen molar-refractivity contribution in [3.05, 3.63) is 96.1 Å². The first-order chi connectivity index (χ1) is 12.1. The van der Waals surface area contributed by atoms with Crippen molar-refractivity contribution in [3.8, 4) is 0 Å². The summed E-state index contributed by atoms with van der Waals surface area (Å²) in [7, 11) is -3.51. The molecular formula is C21H19O3P. The van der Waals surface area contributed by atoms with Crippen LogP contribution >= 0.6 is 7.37 Å². The summed E-state index contributed by atoms with van der Waals surface area (Å²) in [5, 5.41) is 0.999. The molecule has 0 spiro atoms. The number of hydrogen-bond acceptors (Lipinski definition) is 3. The van der Waals surface area contributed by atoms with Gasteiger partial charge in [0.2, 0.25) is 0 Å². The van der Waals surface area contributed by atoms with Gasteiger partial charge in [0.1, 0.15) is 0 Å². The van der Waals surface area contributed by atoms with Crippen LogP contribution in [0.2, 0.25) is 0 Å². The van der Waals surface area contributed by atoms with Gasteiger partial charge in [-0.1, -0.05) is 55.5 Å². The molecule has 0 fully saturated rings. The third-order valence-corrected chi connectivity index (χ3v) is 6.38. The van der Waals surface area contributed by atoms with E-state index in [0.29, 0.717) is 16.2 Å². The third kappa shape index (κ3) is 3.72. The van der Waals surface area contributed by atoms with Crippen molar-refractivity contribution < 1.29 is 13.9 Å². The van der Waals surface area contributed by atoms with Crippen LogP contribution in [0.1, 0.15) is 22.8 Å². The highest BCUT2D eigenvalue weighted by Gasteiger charge is 2.32. The van der Waals surface area contributed by atoms with Gasteiger partial charge in [0, 0.05) is 0 Å². The Morgan fingerprint density at radius 2 is 1.28 bits per heavy atom. The van der Waals surface area contributed by atoms with Crippen LogP contribution in [0.5, 0.6) is 0 Å². The standard InChI is InChI=1S/C21H19O3P/c1-2-17-13-15-18(16-14-17)21(22)24-25(23,19-9-5-3-6-10-19)20-11-7-4-8-12-20/h3-16H,2H2,1H3. The minimum absolute atomic E-state index is 0.393. The van der Waals surface area contributed by atoms with Crippen LogP contribution in [0, 0.1) is 0 Å². The van der Waals surface area contributed by atoms with Gasteiger partial charge in [-0.2, -0.15) is 0 Å². The highest BCUT2D eigenvalue weighted by atomic mass is 31.2. The molecule has 3 aromatic rings. The number of benzene rings is 3. The fourth-order valence-corrected chi connectivity index (χ4v) is 4.53. The van der Waals surface area contributed by atoms with Crippen molar-refractivity contribution in [2.45, 2.75) is 13.3 Å². The van der Waals surface area contributed by atoms with Crippen LogP contribution in [0.15, 0.2) is 84.9 Å². The minimum Gasteiger partial charge on any atom is -0.401 e. The Bertz CT molecular complexity index is 844. The van der Waals surface area contributed by atoms with Gasteiger partial charge in [0.05, 0.1) is 16.2 Å². The largest absolute Gasteiger partial charge is 0.401 e. The third-order valence-electron chi connectivity index (χ3n) is 4.00. The van der Waals surface area contributed by atoms with Crippen LogP contribution in [0.3, 0.4) is 0 Å². The molecule has 0 atom stereocenters. The summed E-state index contributed by atoms with van der Waals surface area (Å²) < 4.78 is 19.3. The van der Waals surface area contributed by atoms with E-state index in [-0.39, 0.29) is 0 Å². The highest BCUT2D eigenvalue weighted by molar-refractivity contribution is 7.74. The van der Waals surface area contributed by atoms with Gasteiger partial charge in [-0.15, -0.1) is 0 Å². The molecule has 0 aliphatic carbocycles. The zero-order valence-electron chi connectivity index (χ0n) is 14.0. The van der Waals surface area contributed by atoms with Gasteiger partial charge in [-0.25, -0.2) is 4.79 Å². The van der Waals surface area contributed by atoms with Gasteiger partial charge in [-0.3, -0.25) is 4.57 Å². The Kier molecular flexibility index (Phi) is 5.16. The molecule has 0 heterocycles. The van der Waals surface area contributed by atoms with Crippen LogP contribution in [0.4, 0.5) is 0 Å². The molecule has 0 saturated carbocycles. The number of rotatable bonds is 5. The average Bonchev–Trinajstić information content (AvgIpc) is 2.69. The fraction of sp³-hybridized carbons (Fsp3) is 0.0952. The molecule has 126 valence electrons. The SMILES string of the molecule is CCc1ccc(C(=O)OP(=O)(c2ccccc2)c2ccccc2)cc1. The monoisotopic (exact) mass is 350 g/mol. The smallest absolute Gasteiger partial charge is 0.343 e. The Hall–Kier alpha value is -2.64. The maximum atomic E-state index is 13.7. The van der Waals surface area contributed by atoms with E-state index >= 15 is 0 Å². The zero-order chi connectivity index (χ0) is 17.7. The molecule has 0 aliphatic heterocycles. The first-order valence-electron chi connectivity index (χ1n) is 8.17. The van der Waals surface area contributed by atoms with Crippen LogP contribution in [0.25, 0.3) is 0 Å². The van der Waals surface area contributed by atoms with Crippen molar-refractivity contribution in [1.29, 1.82) is 0 Å². The van der Waals surface area contributed by atoms with Gasteiger partial charge >= 0.3 is 13.3 Å². The normalized spacial score (nSPS) is 11.1. The van der Waals surface area contributed by atoms with Crippen molar-refractivity contribution >= 4 is 23.9 Å². The van der Waals surface area contributed by atoms with E-state index in [0.717, 1.165) is 12.0 Å². The average molecular weight is 350 g/mol. The molecule has 0 aromatic heterocycles. The maximum Gasteiger partial charge on any atom is 0.343 e. The van der Waals surface area contributed by atoms with E-state index < -0.39 is 13.3 Å². The summed E-state index contributed by atoms with van der Waals surface area (Å²) >= 11 is 0. The van der Waals surface area contributed by atoms with Gasteiger partial charge in [0.25, 0.3) is 0 Å². The minimum atomic E-state index is -3.51. The molecule has 0 amide bonds. The van der Waals surface area contributed by atoms with Crippen molar-refractivity contribution in [3.63, 3.8) is 0 Å². The highest BCUT2D eigenvalue weighted by Crippen LogP contribution is 2.45. The second-order valence-corrected chi connectivity index (χ2v) is 7.97. The molecule has 0 N–H and O–H groups in total. The van der Waals surface area contributed by atoms with E-state index in [1.807, 2.05) is 31.2 Å². The van der Waals surface area contributed by atoms with Crippen LogP contribution in [-0.2, 0) is 15.5 Å². The second kappa shape index (κ2) is 7.50. The van der Waals surface area contributed by atoms with Crippen molar-refractivity contribution in [1.82, 2.24) is 0 Å². The van der Waals surface area contributed by atoms with E-state index in [2.05, 4.69) is 0 Å². The first kappa shape index (κ1) is 17.2. The summed E-state index contributed by atoms with van der Waals surface area (Å²) in [5.41, 5.74) is 1.52. The van der Waals surface area contributed by atoms with Gasteiger partial charge < -0.3 is 4.52 Å². The maximum absolute atomic E-state index is 13.7. The van der Waals surface area contributed by atoms with E-state index in [1.165, 1.54) is 0 Å². The molecule has 25 heavy (non-hydrogen) atoms. The zero-order valence-corrected chi connectivity index (χ0v) is 14.9. The van der Waals surface area contributed by atoms with Gasteiger partial charge in [-0.05, 0) is 48.4 Å². The molecule has 0 radical (unpaired) electrons. The summed E-state index contributed by atoms with van der Waals surface area (Å²) in [6.45, 7) is 2.05. The molecule has 0 saturated heterocycles. The summed E-state index contributed by atoms with van der Waals surface area (Å²) in [5.74, 6) is -0.585. The number of hydrogen-bond donors (Lipinski definition) is 0. The summed E-state index contributed by atoms with van der Waals surface area (Å²) in [6, 6.07) is 24.9. The lowest BCUT2D eigenvalue weighted by molar-refractivity contribution is 0.0747. The number of carbonyl (C=O) groups is 1. The molecule has 4 heteroatoms. The molecule has 0 bridgehead atoms. The molecule has 3 aromatic carbocycles. The Morgan fingerprint density at radius 3 is 1.72 bits per heavy atom. The first-order valence-corrected chi connectivity index (χ1v) is 9.80. The molecule has 3 nitrogen and oxygen atoms in total. The summed E-state index contributed by atoms with van der Waals surface area (Å²) in [6.07, 6.45) is 0.891. The van der Waals surface area contributed by atoms with Crippen LogP contribution < -0.4 is 10.6 Å².